The molecule has 282 valence electrons. The summed E-state index contributed by atoms with van der Waals surface area (Å²) in [7, 11) is 0. The first-order chi connectivity index (χ1) is 25.3. The number of fused-ring (bicyclic) bond motifs is 1. The van der Waals surface area contributed by atoms with Crippen LogP contribution in [-0.2, 0) is 35.3 Å². The third-order valence-electron chi connectivity index (χ3n) is 10.2. The van der Waals surface area contributed by atoms with Crippen molar-refractivity contribution in [2.45, 2.75) is 82.3 Å². The molecule has 53 heavy (non-hydrogen) atoms. The number of amides is 4. The summed E-state index contributed by atoms with van der Waals surface area (Å²) in [4.78, 5) is 75.8. The van der Waals surface area contributed by atoms with E-state index in [1.165, 1.54) is 12.1 Å². The molecule has 2 aliphatic rings. The number of anilines is 1. The van der Waals surface area contributed by atoms with Crippen molar-refractivity contribution in [2.24, 2.45) is 17.6 Å². The van der Waals surface area contributed by atoms with Crippen molar-refractivity contribution in [1.29, 1.82) is 0 Å². The van der Waals surface area contributed by atoms with E-state index in [0.29, 0.717) is 50.8 Å². The molecule has 8 N–H and O–H groups in total. The number of aromatic nitrogens is 1. The number of hydrogen-bond acceptors (Lipinski definition) is 7. The van der Waals surface area contributed by atoms with Gasteiger partial charge in [-0.05, 0) is 73.4 Å². The molecule has 2 aromatic carbocycles. The minimum absolute atomic E-state index is 0.0103. The summed E-state index contributed by atoms with van der Waals surface area (Å²) >= 11 is 0. The zero-order valence-electron chi connectivity index (χ0n) is 29.8. The highest BCUT2D eigenvalue weighted by Crippen LogP contribution is 2.34. The molecule has 1 fully saturated rings. The SMILES string of the molecule is Cc1ccc2c(ccn2C[C@@H]2C/C=C/[C@H](c3ccc(NC(=O)C(=O)O)cc3)[C@H](CC(=O)O)C(=O)NC3(CCCCC3)C(=O)N[C@@H](CC(N)=O)CNC2)c1. The van der Waals surface area contributed by atoms with E-state index in [9.17, 15) is 33.9 Å². The Hall–Kier alpha value is -5.50. The summed E-state index contributed by atoms with van der Waals surface area (Å²) < 4.78 is 2.17. The Morgan fingerprint density at radius 1 is 0.962 bits per heavy atom. The number of benzene rings is 2. The van der Waals surface area contributed by atoms with Gasteiger partial charge in [-0.3, -0.25) is 24.0 Å². The van der Waals surface area contributed by atoms with Gasteiger partial charge in [-0.25, -0.2) is 4.79 Å². The fourth-order valence-electron chi connectivity index (χ4n) is 7.51. The van der Waals surface area contributed by atoms with E-state index in [1.807, 2.05) is 25.3 Å². The zero-order valence-corrected chi connectivity index (χ0v) is 29.8. The van der Waals surface area contributed by atoms with Crippen LogP contribution in [0, 0.1) is 18.8 Å². The molecular formula is C39H48N6O8. The minimum Gasteiger partial charge on any atom is -0.481 e. The Balaban J connectivity index is 1.54. The molecule has 14 nitrogen and oxygen atoms in total. The average Bonchev–Trinajstić information content (AvgIpc) is 3.50. The Bertz CT molecular complexity index is 1860. The number of rotatable bonds is 8. The van der Waals surface area contributed by atoms with Gasteiger partial charge >= 0.3 is 17.8 Å². The number of aryl methyl sites for hydroxylation is 1. The molecule has 1 saturated carbocycles. The average molecular weight is 729 g/mol. The van der Waals surface area contributed by atoms with Gasteiger partial charge in [0.1, 0.15) is 5.54 Å². The van der Waals surface area contributed by atoms with Crippen LogP contribution in [0.3, 0.4) is 0 Å². The van der Waals surface area contributed by atoms with Gasteiger partial charge in [-0.2, -0.15) is 0 Å². The van der Waals surface area contributed by atoms with E-state index in [4.69, 9.17) is 10.8 Å². The number of hydrogen-bond donors (Lipinski definition) is 7. The maximum absolute atomic E-state index is 14.4. The normalized spacial score (nSPS) is 23.2. The van der Waals surface area contributed by atoms with Crippen molar-refractivity contribution >= 4 is 52.2 Å². The molecule has 2 heterocycles. The molecule has 1 aliphatic carbocycles. The lowest BCUT2D eigenvalue weighted by Crippen LogP contribution is -2.63. The maximum Gasteiger partial charge on any atom is 0.394 e. The third kappa shape index (κ3) is 10.1. The fraction of sp³-hybridized carbons (Fsp3) is 0.436. The van der Waals surface area contributed by atoms with E-state index in [2.05, 4.69) is 50.1 Å². The molecule has 0 saturated heterocycles. The van der Waals surface area contributed by atoms with Crippen LogP contribution in [0.25, 0.3) is 10.9 Å². The van der Waals surface area contributed by atoms with Crippen LogP contribution in [0.5, 0.6) is 0 Å². The van der Waals surface area contributed by atoms with Crippen molar-refractivity contribution < 1.29 is 39.0 Å². The van der Waals surface area contributed by atoms with Gasteiger partial charge in [0.05, 0.1) is 18.4 Å². The first kappa shape index (κ1) is 38.7. The minimum atomic E-state index is -1.65. The van der Waals surface area contributed by atoms with Crippen LogP contribution in [0.2, 0.25) is 0 Å². The van der Waals surface area contributed by atoms with E-state index in [0.717, 1.165) is 22.9 Å². The molecule has 1 aliphatic heterocycles. The fourth-order valence-corrected chi connectivity index (χ4v) is 7.51. The molecule has 4 atom stereocenters. The predicted molar refractivity (Wildman–Crippen MR) is 198 cm³/mol. The smallest absolute Gasteiger partial charge is 0.394 e. The van der Waals surface area contributed by atoms with Crippen LogP contribution in [-0.4, -0.2) is 75.0 Å². The van der Waals surface area contributed by atoms with Gasteiger partial charge in [0.15, 0.2) is 0 Å². The number of allylic oxidation sites excluding steroid dienone is 2. The van der Waals surface area contributed by atoms with E-state index < -0.39 is 65.4 Å². The molecule has 0 bridgehead atoms. The second-order valence-electron chi connectivity index (χ2n) is 14.3. The summed E-state index contributed by atoms with van der Waals surface area (Å²) in [6.45, 7) is 3.42. The van der Waals surface area contributed by atoms with Gasteiger partial charge in [-0.15, -0.1) is 0 Å². The molecule has 4 amide bonds. The zero-order chi connectivity index (χ0) is 38.1. The van der Waals surface area contributed by atoms with Gasteiger partial charge in [0, 0.05) is 49.4 Å². The molecule has 0 unspecified atom stereocenters. The highest BCUT2D eigenvalue weighted by Gasteiger charge is 2.44. The molecule has 1 aromatic heterocycles. The van der Waals surface area contributed by atoms with E-state index in [-0.39, 0.29) is 24.6 Å². The Morgan fingerprint density at radius 3 is 2.38 bits per heavy atom. The molecule has 0 radical (unpaired) electrons. The summed E-state index contributed by atoms with van der Waals surface area (Å²) in [5.74, 6) is -7.61. The standard InChI is InChI=1S/C39H48N6O8/c1-24-8-13-32-27(18-24)14-17-45(32)23-25-6-5-7-30(26-9-11-28(12-10-26)42-36(50)37(51)52)31(20-34(47)48)35(49)44-39(15-3-2-4-16-39)38(53)43-29(19-33(40)46)22-41-21-25/h5,7-14,17-18,25,29-31,41H,2-4,6,15-16,19-23H2,1H3,(H2,40,46)(H,42,50)(H,43,53)(H,44,49)(H,47,48)(H,51,52)/b7-5+/t25-,29+,30-,31+/m1/s1. The summed E-state index contributed by atoms with van der Waals surface area (Å²) in [5, 5.41) is 31.9. The lowest BCUT2D eigenvalue weighted by molar-refractivity contribution is -0.147. The van der Waals surface area contributed by atoms with Crippen molar-refractivity contribution in [3.63, 3.8) is 0 Å². The quantitative estimate of drug-likeness (QED) is 0.134. The summed E-state index contributed by atoms with van der Waals surface area (Å²) in [6.07, 6.45) is 8.55. The first-order valence-corrected chi connectivity index (χ1v) is 18.0. The summed E-state index contributed by atoms with van der Waals surface area (Å²) in [5.41, 5.74) is 7.27. The van der Waals surface area contributed by atoms with Crippen LogP contribution < -0.4 is 27.0 Å². The number of carbonyl (C=O) groups excluding carboxylic acids is 4. The number of carbonyl (C=O) groups is 6. The third-order valence-corrected chi connectivity index (χ3v) is 10.2. The number of nitrogens with two attached hydrogens (primary N) is 1. The molecular weight excluding hydrogens is 680 g/mol. The number of nitrogens with one attached hydrogen (secondary N) is 4. The highest BCUT2D eigenvalue weighted by molar-refractivity contribution is 6.36. The van der Waals surface area contributed by atoms with Crippen LogP contribution in [0.1, 0.15) is 68.4 Å². The summed E-state index contributed by atoms with van der Waals surface area (Å²) in [6, 6.07) is 13.9. The highest BCUT2D eigenvalue weighted by atomic mass is 16.4. The van der Waals surface area contributed by atoms with Gasteiger partial charge in [0.25, 0.3) is 0 Å². The number of aliphatic carboxylic acids is 2. The van der Waals surface area contributed by atoms with Crippen molar-refractivity contribution in [3.8, 4) is 0 Å². The lowest BCUT2D eigenvalue weighted by Gasteiger charge is -2.39. The lowest BCUT2D eigenvalue weighted by atomic mass is 9.78. The second kappa shape index (κ2) is 17.3. The number of primary amides is 1. The molecule has 1 spiro atoms. The molecule has 5 rings (SSSR count). The van der Waals surface area contributed by atoms with E-state index in [1.54, 1.807) is 12.1 Å². The second-order valence-corrected chi connectivity index (χ2v) is 14.3. The molecule has 3 aromatic rings. The Kier molecular flexibility index (Phi) is 12.7. The number of carboxylic acid groups (broad SMARTS) is 2. The Labute approximate surface area is 307 Å². The van der Waals surface area contributed by atoms with E-state index >= 15 is 0 Å². The van der Waals surface area contributed by atoms with Gasteiger partial charge < -0.3 is 41.8 Å². The van der Waals surface area contributed by atoms with Crippen LogP contribution >= 0.6 is 0 Å². The molecule has 14 heteroatoms. The predicted octanol–water partition coefficient (Wildman–Crippen LogP) is 3.19. The number of nitrogens with zero attached hydrogens (tertiary/aromatic N) is 1. The number of carboxylic acids is 2. The monoisotopic (exact) mass is 728 g/mol. The van der Waals surface area contributed by atoms with Crippen LogP contribution in [0.4, 0.5) is 5.69 Å². The van der Waals surface area contributed by atoms with Crippen LogP contribution in [0.15, 0.2) is 66.9 Å². The van der Waals surface area contributed by atoms with Gasteiger partial charge in [0.2, 0.25) is 17.7 Å². The Morgan fingerprint density at radius 2 is 1.70 bits per heavy atom. The first-order valence-electron chi connectivity index (χ1n) is 18.0. The largest absolute Gasteiger partial charge is 0.481 e. The van der Waals surface area contributed by atoms with Crippen molar-refractivity contribution in [1.82, 2.24) is 20.5 Å². The topological polar surface area (TPSA) is 222 Å². The van der Waals surface area contributed by atoms with Crippen molar-refractivity contribution in [2.75, 3.05) is 18.4 Å². The maximum atomic E-state index is 14.4. The van der Waals surface area contributed by atoms with Gasteiger partial charge in [-0.1, -0.05) is 55.2 Å². The van der Waals surface area contributed by atoms with Crippen molar-refractivity contribution in [3.05, 3.63) is 78.0 Å².